The summed E-state index contributed by atoms with van der Waals surface area (Å²) < 4.78 is 7.80. The molecule has 33 heavy (non-hydrogen) atoms. The summed E-state index contributed by atoms with van der Waals surface area (Å²) in [5.41, 5.74) is 5.73. The Kier molecular flexibility index (Phi) is 6.39. The Balaban J connectivity index is 1.52. The van der Waals surface area contributed by atoms with Gasteiger partial charge in [0, 0.05) is 50.0 Å². The first-order valence-corrected chi connectivity index (χ1v) is 11.9. The Morgan fingerprint density at radius 2 is 1.94 bits per heavy atom. The molecule has 0 radical (unpaired) electrons. The number of pyridine rings is 2. The number of ether oxygens (including phenoxy) is 1. The van der Waals surface area contributed by atoms with Gasteiger partial charge in [-0.25, -0.2) is 0 Å². The number of hydrogen-bond donors (Lipinski definition) is 1. The minimum Gasteiger partial charge on any atom is -0.379 e. The predicted molar refractivity (Wildman–Crippen MR) is 132 cm³/mol. The SMILES string of the molecule is Cc1cc([C@@H]2[C@H](c3ccccn3)NC(=S)N2CCN2CCOCC2)c(C)n1-c1cccnc1. The second-order valence-corrected chi connectivity index (χ2v) is 9.03. The first kappa shape index (κ1) is 22.0. The molecule has 2 aliphatic rings. The van der Waals surface area contributed by atoms with Crippen LogP contribution in [0.2, 0.25) is 0 Å². The van der Waals surface area contributed by atoms with Crippen molar-refractivity contribution in [1.29, 1.82) is 0 Å². The second kappa shape index (κ2) is 9.59. The average Bonchev–Trinajstić information content (AvgIpc) is 3.34. The maximum absolute atomic E-state index is 5.86. The van der Waals surface area contributed by atoms with Crippen molar-refractivity contribution in [2.75, 3.05) is 39.4 Å². The lowest BCUT2D eigenvalue weighted by molar-refractivity contribution is 0.0350. The van der Waals surface area contributed by atoms with Gasteiger partial charge in [0.15, 0.2) is 5.11 Å². The molecular formula is C25H30N6OS. The third-order valence-electron chi connectivity index (χ3n) is 6.65. The monoisotopic (exact) mass is 462 g/mol. The minimum absolute atomic E-state index is 0.00811. The molecule has 2 aliphatic heterocycles. The molecule has 0 spiro atoms. The van der Waals surface area contributed by atoms with Gasteiger partial charge in [-0.15, -0.1) is 0 Å². The number of nitrogens with one attached hydrogen (secondary N) is 1. The van der Waals surface area contributed by atoms with E-state index in [9.17, 15) is 0 Å². The Morgan fingerprint density at radius 3 is 2.67 bits per heavy atom. The molecule has 3 aromatic heterocycles. The first-order chi connectivity index (χ1) is 16.1. The summed E-state index contributed by atoms with van der Waals surface area (Å²) in [6.07, 6.45) is 5.57. The zero-order valence-electron chi connectivity index (χ0n) is 19.1. The summed E-state index contributed by atoms with van der Waals surface area (Å²) in [5, 5.41) is 4.37. The lowest BCUT2D eigenvalue weighted by atomic mass is 9.96. The summed E-state index contributed by atoms with van der Waals surface area (Å²) in [7, 11) is 0. The predicted octanol–water partition coefficient (Wildman–Crippen LogP) is 3.19. The molecule has 0 saturated carbocycles. The zero-order valence-corrected chi connectivity index (χ0v) is 20.0. The number of thiocarbonyl (C=S) groups is 1. The van der Waals surface area contributed by atoms with Crippen LogP contribution in [0.1, 0.15) is 34.7 Å². The van der Waals surface area contributed by atoms with E-state index in [4.69, 9.17) is 17.0 Å². The second-order valence-electron chi connectivity index (χ2n) is 8.65. The minimum atomic E-state index is -0.00811. The molecule has 8 heteroatoms. The van der Waals surface area contributed by atoms with Crippen LogP contribution in [0, 0.1) is 13.8 Å². The maximum atomic E-state index is 5.86. The van der Waals surface area contributed by atoms with Crippen LogP contribution in [0.5, 0.6) is 0 Å². The molecule has 2 fully saturated rings. The van der Waals surface area contributed by atoms with Gasteiger partial charge < -0.3 is 19.5 Å². The van der Waals surface area contributed by atoms with Crippen LogP contribution >= 0.6 is 12.2 Å². The van der Waals surface area contributed by atoms with E-state index in [1.54, 1.807) is 0 Å². The fourth-order valence-electron chi connectivity index (χ4n) is 5.03. The molecule has 5 rings (SSSR count). The molecule has 5 heterocycles. The van der Waals surface area contributed by atoms with Crippen LogP contribution in [0.25, 0.3) is 5.69 Å². The summed E-state index contributed by atoms with van der Waals surface area (Å²) in [6.45, 7) is 9.69. The standard InChI is InChI=1S/C25H30N6OS/c1-18-16-21(19(2)31(18)20-6-5-8-26-17-20)24-23(22-7-3-4-9-27-22)28-25(33)30(24)11-10-29-12-14-32-15-13-29/h3-9,16-17,23-24H,10-15H2,1-2H3,(H,28,33)/t23-,24+/m0/s1. The Labute approximate surface area is 200 Å². The maximum Gasteiger partial charge on any atom is 0.170 e. The van der Waals surface area contributed by atoms with Crippen molar-refractivity contribution in [1.82, 2.24) is 29.7 Å². The molecule has 0 bridgehead atoms. The molecule has 0 aromatic carbocycles. The van der Waals surface area contributed by atoms with Crippen LogP contribution in [0.3, 0.4) is 0 Å². The molecule has 7 nitrogen and oxygen atoms in total. The number of hydrogen-bond acceptors (Lipinski definition) is 5. The highest BCUT2D eigenvalue weighted by atomic mass is 32.1. The van der Waals surface area contributed by atoms with Crippen LogP contribution < -0.4 is 5.32 Å². The van der Waals surface area contributed by atoms with Crippen LogP contribution in [-0.2, 0) is 4.74 Å². The van der Waals surface area contributed by atoms with Gasteiger partial charge in [-0.3, -0.25) is 14.9 Å². The van der Waals surface area contributed by atoms with Gasteiger partial charge in [0.05, 0.1) is 42.9 Å². The molecule has 0 unspecified atom stereocenters. The molecule has 3 aromatic rings. The Hall–Kier alpha value is -2.81. The summed E-state index contributed by atoms with van der Waals surface area (Å²) in [4.78, 5) is 13.8. The highest BCUT2D eigenvalue weighted by Gasteiger charge is 2.41. The lowest BCUT2D eigenvalue weighted by Gasteiger charge is -2.32. The molecule has 2 atom stereocenters. The van der Waals surface area contributed by atoms with Gasteiger partial charge in [-0.2, -0.15) is 0 Å². The van der Waals surface area contributed by atoms with Gasteiger partial charge in [-0.05, 0) is 62.0 Å². The normalized spacial score (nSPS) is 21.4. The van der Waals surface area contributed by atoms with Gasteiger partial charge in [0.2, 0.25) is 0 Å². The van der Waals surface area contributed by atoms with E-state index in [1.807, 2.05) is 36.8 Å². The van der Waals surface area contributed by atoms with Crippen molar-refractivity contribution >= 4 is 17.3 Å². The highest BCUT2D eigenvalue weighted by Crippen LogP contribution is 2.41. The number of aromatic nitrogens is 3. The van der Waals surface area contributed by atoms with E-state index < -0.39 is 0 Å². The molecule has 1 N–H and O–H groups in total. The number of aryl methyl sites for hydroxylation is 1. The van der Waals surface area contributed by atoms with Gasteiger partial charge in [0.25, 0.3) is 0 Å². The number of morpholine rings is 1. The van der Waals surface area contributed by atoms with Gasteiger partial charge >= 0.3 is 0 Å². The van der Waals surface area contributed by atoms with Crippen LogP contribution in [0.15, 0.2) is 55.0 Å². The lowest BCUT2D eigenvalue weighted by Crippen LogP contribution is -2.42. The van der Waals surface area contributed by atoms with E-state index >= 15 is 0 Å². The van der Waals surface area contributed by atoms with Crippen LogP contribution in [0.4, 0.5) is 0 Å². The Bertz CT molecular complexity index is 1100. The molecule has 0 amide bonds. The van der Waals surface area contributed by atoms with Crippen molar-refractivity contribution in [3.05, 3.63) is 77.6 Å². The fraction of sp³-hybridized carbons (Fsp3) is 0.400. The Morgan fingerprint density at radius 1 is 1.09 bits per heavy atom. The van der Waals surface area contributed by atoms with E-state index in [0.717, 1.165) is 55.9 Å². The molecule has 172 valence electrons. The largest absolute Gasteiger partial charge is 0.379 e. The van der Waals surface area contributed by atoms with Crippen molar-refractivity contribution in [2.45, 2.75) is 25.9 Å². The van der Waals surface area contributed by atoms with Crippen molar-refractivity contribution in [3.8, 4) is 5.69 Å². The van der Waals surface area contributed by atoms with Crippen molar-refractivity contribution in [3.63, 3.8) is 0 Å². The van der Waals surface area contributed by atoms with Gasteiger partial charge in [-0.1, -0.05) is 6.07 Å². The quantitative estimate of drug-likeness (QED) is 0.565. The summed E-state index contributed by atoms with van der Waals surface area (Å²) in [5.74, 6) is 0. The number of rotatable bonds is 6. The van der Waals surface area contributed by atoms with Crippen LogP contribution in [-0.4, -0.2) is 68.8 Å². The molecular weight excluding hydrogens is 432 g/mol. The average molecular weight is 463 g/mol. The fourth-order valence-corrected chi connectivity index (χ4v) is 5.36. The number of nitrogens with zero attached hydrogens (tertiary/aromatic N) is 5. The molecule has 2 saturated heterocycles. The summed E-state index contributed by atoms with van der Waals surface area (Å²) in [6, 6.07) is 12.5. The van der Waals surface area contributed by atoms with Gasteiger partial charge in [0.1, 0.15) is 0 Å². The van der Waals surface area contributed by atoms with E-state index in [-0.39, 0.29) is 12.1 Å². The van der Waals surface area contributed by atoms with Crippen molar-refractivity contribution in [2.24, 2.45) is 0 Å². The first-order valence-electron chi connectivity index (χ1n) is 11.5. The molecule has 0 aliphatic carbocycles. The van der Waals surface area contributed by atoms with Crippen molar-refractivity contribution < 1.29 is 4.74 Å². The highest BCUT2D eigenvalue weighted by molar-refractivity contribution is 7.80. The van der Waals surface area contributed by atoms with E-state index in [0.29, 0.717) is 0 Å². The smallest absolute Gasteiger partial charge is 0.170 e. The third kappa shape index (κ3) is 4.38. The topological polar surface area (TPSA) is 58.5 Å². The summed E-state index contributed by atoms with van der Waals surface area (Å²) >= 11 is 5.86. The van der Waals surface area contributed by atoms with E-state index in [1.165, 1.54) is 17.0 Å². The van der Waals surface area contributed by atoms with E-state index in [2.05, 4.69) is 61.7 Å². The zero-order chi connectivity index (χ0) is 22.8. The third-order valence-corrected chi connectivity index (χ3v) is 7.00.